The van der Waals surface area contributed by atoms with Gasteiger partial charge in [0.25, 0.3) is 11.8 Å². The Morgan fingerprint density at radius 1 is 1.32 bits per heavy atom. The number of hydrogen-bond acceptors (Lipinski definition) is 5. The summed E-state index contributed by atoms with van der Waals surface area (Å²) in [6.07, 6.45) is 2.70. The molecule has 1 fully saturated rings. The second-order valence-electron chi connectivity index (χ2n) is 4.34. The van der Waals surface area contributed by atoms with Gasteiger partial charge in [0.15, 0.2) is 0 Å². The Kier molecular flexibility index (Phi) is 4.46. The monoisotopic (exact) mass is 263 g/mol. The third kappa shape index (κ3) is 3.51. The van der Waals surface area contributed by atoms with Crippen LogP contribution in [0.15, 0.2) is 18.3 Å². The molecule has 0 atom stereocenters. The van der Waals surface area contributed by atoms with E-state index in [2.05, 4.69) is 17.2 Å². The van der Waals surface area contributed by atoms with Crippen molar-refractivity contribution in [2.75, 3.05) is 25.1 Å². The Labute approximate surface area is 111 Å². The van der Waals surface area contributed by atoms with Crippen LogP contribution < -0.4 is 5.32 Å². The Hall–Kier alpha value is -1.95. The third-order valence-electron chi connectivity index (χ3n) is 2.77. The van der Waals surface area contributed by atoms with E-state index in [1.165, 1.54) is 4.90 Å². The van der Waals surface area contributed by atoms with Crippen LogP contribution in [-0.4, -0.2) is 41.5 Å². The number of ether oxygens (including phenoxy) is 1. The molecule has 0 aromatic carbocycles. The van der Waals surface area contributed by atoms with E-state index in [0.717, 1.165) is 24.3 Å². The minimum Gasteiger partial charge on any atom is -0.370 e. The number of nitrogens with one attached hydrogen (secondary N) is 1. The van der Waals surface area contributed by atoms with Gasteiger partial charge in [-0.2, -0.15) is 0 Å². The van der Waals surface area contributed by atoms with Gasteiger partial charge in [-0.05, 0) is 18.1 Å². The lowest BCUT2D eigenvalue weighted by atomic mass is 10.2. The molecule has 2 amide bonds. The normalized spacial score (nSPS) is 15.7. The molecule has 6 nitrogen and oxygen atoms in total. The van der Waals surface area contributed by atoms with Crippen LogP contribution in [0.4, 0.5) is 5.82 Å². The van der Waals surface area contributed by atoms with Gasteiger partial charge in [-0.25, -0.2) is 4.98 Å². The summed E-state index contributed by atoms with van der Waals surface area (Å²) in [5.74, 6) is 0.194. The highest BCUT2D eigenvalue weighted by atomic mass is 16.5. The molecule has 1 aromatic heterocycles. The fraction of sp³-hybridized carbons (Fsp3) is 0.462. The lowest BCUT2D eigenvalue weighted by Gasteiger charge is -2.24. The molecule has 6 heteroatoms. The summed E-state index contributed by atoms with van der Waals surface area (Å²) in [4.78, 5) is 28.6. The quantitative estimate of drug-likeness (QED) is 0.795. The first-order chi connectivity index (χ1) is 9.20. The number of amides is 2. The van der Waals surface area contributed by atoms with Crippen LogP contribution in [0.1, 0.15) is 18.9 Å². The second-order valence-corrected chi connectivity index (χ2v) is 4.34. The molecule has 0 bridgehead atoms. The molecule has 0 saturated carbocycles. The largest absolute Gasteiger partial charge is 0.370 e. The highest BCUT2D eigenvalue weighted by Gasteiger charge is 2.26. The maximum Gasteiger partial charge on any atom is 0.255 e. The van der Waals surface area contributed by atoms with E-state index in [0.29, 0.717) is 0 Å². The molecule has 2 heterocycles. The summed E-state index contributed by atoms with van der Waals surface area (Å²) in [6, 6.07) is 3.71. The number of morpholine rings is 1. The van der Waals surface area contributed by atoms with E-state index in [9.17, 15) is 9.59 Å². The van der Waals surface area contributed by atoms with Crippen molar-refractivity contribution in [2.45, 2.75) is 19.9 Å². The maximum atomic E-state index is 11.6. The Morgan fingerprint density at radius 3 is 2.63 bits per heavy atom. The number of anilines is 1. The van der Waals surface area contributed by atoms with Crippen LogP contribution in [0.2, 0.25) is 0 Å². The summed E-state index contributed by atoms with van der Waals surface area (Å²) < 4.78 is 4.86. The first-order valence-corrected chi connectivity index (χ1v) is 6.30. The van der Waals surface area contributed by atoms with Gasteiger partial charge in [-0.15, -0.1) is 0 Å². The van der Waals surface area contributed by atoms with Gasteiger partial charge in [0.2, 0.25) is 0 Å². The van der Waals surface area contributed by atoms with Crippen LogP contribution in [0.3, 0.4) is 0 Å². The molecule has 19 heavy (non-hydrogen) atoms. The first kappa shape index (κ1) is 13.5. The van der Waals surface area contributed by atoms with Crippen LogP contribution >= 0.6 is 0 Å². The molecule has 0 unspecified atom stereocenters. The third-order valence-corrected chi connectivity index (χ3v) is 2.77. The zero-order valence-electron chi connectivity index (χ0n) is 10.9. The highest BCUT2D eigenvalue weighted by Crippen LogP contribution is 2.10. The number of hydrogen-bond donors (Lipinski definition) is 1. The van der Waals surface area contributed by atoms with Gasteiger partial charge < -0.3 is 10.1 Å². The molecule has 102 valence electrons. The molecular weight excluding hydrogens is 246 g/mol. The summed E-state index contributed by atoms with van der Waals surface area (Å²) in [7, 11) is 0. The fourth-order valence-electron chi connectivity index (χ4n) is 1.76. The van der Waals surface area contributed by atoms with Crippen molar-refractivity contribution in [1.29, 1.82) is 0 Å². The van der Waals surface area contributed by atoms with Crippen molar-refractivity contribution >= 4 is 17.6 Å². The first-order valence-electron chi connectivity index (χ1n) is 6.30. The Balaban J connectivity index is 1.98. The topological polar surface area (TPSA) is 71.5 Å². The average molecular weight is 263 g/mol. The van der Waals surface area contributed by atoms with E-state index in [1.807, 2.05) is 12.1 Å². The van der Waals surface area contributed by atoms with E-state index < -0.39 is 0 Å². The van der Waals surface area contributed by atoms with Gasteiger partial charge in [0, 0.05) is 12.7 Å². The van der Waals surface area contributed by atoms with Gasteiger partial charge in [-0.3, -0.25) is 14.5 Å². The summed E-state index contributed by atoms with van der Waals surface area (Å²) in [6.45, 7) is 3.14. The number of nitrogens with zero attached hydrogens (tertiary/aromatic N) is 2. The summed E-state index contributed by atoms with van der Waals surface area (Å²) in [5, 5.41) is 3.16. The molecule has 0 radical (unpaired) electrons. The zero-order chi connectivity index (χ0) is 13.7. The number of imide groups is 1. The lowest BCUT2D eigenvalue weighted by Crippen LogP contribution is -2.45. The fourth-order valence-corrected chi connectivity index (χ4v) is 1.76. The molecule has 1 aromatic rings. The van der Waals surface area contributed by atoms with E-state index in [-0.39, 0.29) is 31.6 Å². The van der Waals surface area contributed by atoms with Crippen molar-refractivity contribution in [3.63, 3.8) is 0 Å². The van der Waals surface area contributed by atoms with E-state index in [1.54, 1.807) is 6.20 Å². The summed E-state index contributed by atoms with van der Waals surface area (Å²) in [5.41, 5.74) is 0.825. The van der Waals surface area contributed by atoms with Crippen molar-refractivity contribution in [1.82, 2.24) is 9.88 Å². The Bertz CT molecular complexity index is 443. The number of carbonyl (C=O) groups is 2. The van der Waals surface area contributed by atoms with Crippen molar-refractivity contribution in [3.8, 4) is 0 Å². The standard InChI is InChI=1S/C13H17N3O3/c1-2-5-14-11-4-3-10(6-15-11)7-16-12(17)8-19-9-13(16)18/h3-4,6H,2,5,7-9H2,1H3,(H,14,15). The Morgan fingerprint density at radius 2 is 2.05 bits per heavy atom. The predicted octanol–water partition coefficient (Wildman–Crippen LogP) is 0.789. The molecule has 1 N–H and O–H groups in total. The van der Waals surface area contributed by atoms with Gasteiger partial charge in [0.1, 0.15) is 19.0 Å². The molecule has 1 saturated heterocycles. The highest BCUT2D eigenvalue weighted by molar-refractivity contribution is 5.98. The van der Waals surface area contributed by atoms with Crippen molar-refractivity contribution in [2.24, 2.45) is 0 Å². The van der Waals surface area contributed by atoms with Crippen LogP contribution in [0.25, 0.3) is 0 Å². The number of carbonyl (C=O) groups excluding carboxylic acids is 2. The maximum absolute atomic E-state index is 11.6. The number of rotatable bonds is 5. The second kappa shape index (κ2) is 6.29. The average Bonchev–Trinajstić information content (AvgIpc) is 2.42. The minimum absolute atomic E-state index is 0.0324. The van der Waals surface area contributed by atoms with Crippen molar-refractivity contribution < 1.29 is 14.3 Å². The SMILES string of the molecule is CCCNc1ccc(CN2C(=O)COCC2=O)cn1. The van der Waals surface area contributed by atoms with Crippen LogP contribution in [0.5, 0.6) is 0 Å². The smallest absolute Gasteiger partial charge is 0.255 e. The van der Waals surface area contributed by atoms with Gasteiger partial charge >= 0.3 is 0 Å². The molecule has 0 aliphatic carbocycles. The van der Waals surface area contributed by atoms with Crippen LogP contribution in [-0.2, 0) is 20.9 Å². The summed E-state index contributed by atoms with van der Waals surface area (Å²) >= 11 is 0. The molecule has 1 aliphatic rings. The van der Waals surface area contributed by atoms with Gasteiger partial charge in [0.05, 0.1) is 6.54 Å². The molecule has 1 aliphatic heterocycles. The molecule has 0 spiro atoms. The van der Waals surface area contributed by atoms with Gasteiger partial charge in [-0.1, -0.05) is 13.0 Å². The number of pyridine rings is 1. The number of aromatic nitrogens is 1. The van der Waals surface area contributed by atoms with Crippen LogP contribution in [0, 0.1) is 0 Å². The minimum atomic E-state index is -0.301. The predicted molar refractivity (Wildman–Crippen MR) is 69.4 cm³/mol. The molecular formula is C13H17N3O3. The van der Waals surface area contributed by atoms with E-state index in [4.69, 9.17) is 4.74 Å². The lowest BCUT2D eigenvalue weighted by molar-refractivity contribution is -0.159. The van der Waals surface area contributed by atoms with E-state index >= 15 is 0 Å². The van der Waals surface area contributed by atoms with Crippen molar-refractivity contribution in [3.05, 3.63) is 23.9 Å². The molecule has 2 rings (SSSR count). The zero-order valence-corrected chi connectivity index (χ0v) is 10.9.